The van der Waals surface area contributed by atoms with Gasteiger partial charge in [0.25, 0.3) is 5.91 Å². The van der Waals surface area contributed by atoms with Crippen molar-refractivity contribution in [1.82, 2.24) is 15.1 Å². The third-order valence-electron chi connectivity index (χ3n) is 5.86. The maximum atomic E-state index is 13.4. The third-order valence-corrected chi connectivity index (χ3v) is 5.86. The summed E-state index contributed by atoms with van der Waals surface area (Å²) in [4.78, 5) is 28.9. The standard InChI is InChI=1S/C21H27F2N3O2/c1-4-21(19(27)26(12-14(2)3)20(28)24-21)16-7-9-25(10-8-16)13-15-5-6-17(22)18(23)11-15/h5-6,11,16H,2,4,7-10,12-13H2,1,3H3,(H,24,28)/t21-/m1/s1. The van der Waals surface area contributed by atoms with E-state index in [-0.39, 0.29) is 24.4 Å². The molecule has 2 heterocycles. The zero-order valence-corrected chi connectivity index (χ0v) is 16.4. The number of carbonyl (C=O) groups is 2. The van der Waals surface area contributed by atoms with Gasteiger partial charge in [-0.1, -0.05) is 25.1 Å². The zero-order valence-electron chi connectivity index (χ0n) is 16.4. The maximum absolute atomic E-state index is 13.4. The van der Waals surface area contributed by atoms with Crippen LogP contribution in [0.25, 0.3) is 0 Å². The Bertz CT molecular complexity index is 790. The van der Waals surface area contributed by atoms with E-state index >= 15 is 0 Å². The van der Waals surface area contributed by atoms with Crippen molar-refractivity contribution in [3.63, 3.8) is 0 Å². The average Bonchev–Trinajstić information content (AvgIpc) is 2.90. The Hall–Kier alpha value is -2.28. The van der Waals surface area contributed by atoms with Gasteiger partial charge in [-0.2, -0.15) is 0 Å². The van der Waals surface area contributed by atoms with E-state index in [0.29, 0.717) is 13.0 Å². The molecule has 1 aromatic carbocycles. The lowest BCUT2D eigenvalue weighted by Gasteiger charge is -2.40. The van der Waals surface area contributed by atoms with E-state index in [0.717, 1.165) is 43.1 Å². The van der Waals surface area contributed by atoms with Crippen molar-refractivity contribution in [1.29, 1.82) is 0 Å². The van der Waals surface area contributed by atoms with Gasteiger partial charge in [-0.3, -0.25) is 14.6 Å². The number of benzene rings is 1. The molecule has 3 amide bonds. The van der Waals surface area contributed by atoms with Crippen molar-refractivity contribution in [2.45, 2.75) is 45.2 Å². The van der Waals surface area contributed by atoms with E-state index in [2.05, 4.69) is 16.8 Å². The van der Waals surface area contributed by atoms with E-state index < -0.39 is 17.2 Å². The molecule has 28 heavy (non-hydrogen) atoms. The minimum Gasteiger partial charge on any atom is -0.323 e. The van der Waals surface area contributed by atoms with Crippen molar-refractivity contribution >= 4 is 11.9 Å². The molecule has 0 aliphatic carbocycles. The highest BCUT2D eigenvalue weighted by Gasteiger charge is 2.54. The molecule has 0 unspecified atom stereocenters. The lowest BCUT2D eigenvalue weighted by atomic mass is 9.75. The molecule has 152 valence electrons. The van der Waals surface area contributed by atoms with Gasteiger partial charge < -0.3 is 5.32 Å². The molecular weight excluding hydrogens is 364 g/mol. The number of likely N-dealkylation sites (tertiary alicyclic amines) is 1. The lowest BCUT2D eigenvalue weighted by molar-refractivity contribution is -0.134. The van der Waals surface area contributed by atoms with Gasteiger partial charge in [0.15, 0.2) is 11.6 Å². The maximum Gasteiger partial charge on any atom is 0.325 e. The molecule has 3 rings (SSSR count). The van der Waals surface area contributed by atoms with E-state index in [4.69, 9.17) is 0 Å². The number of nitrogens with zero attached hydrogens (tertiary/aromatic N) is 2. The Balaban J connectivity index is 1.65. The molecule has 5 nitrogen and oxygen atoms in total. The van der Waals surface area contributed by atoms with Crippen LogP contribution in [0.5, 0.6) is 0 Å². The van der Waals surface area contributed by atoms with Gasteiger partial charge in [-0.25, -0.2) is 13.6 Å². The normalized spacial score (nSPS) is 23.9. The highest BCUT2D eigenvalue weighted by Crippen LogP contribution is 2.36. The summed E-state index contributed by atoms with van der Waals surface area (Å²) in [5.74, 6) is -1.80. The SMILES string of the molecule is C=C(C)CN1C(=O)N[C@](CC)(C2CCN(Cc3ccc(F)c(F)c3)CC2)C1=O. The number of rotatable bonds is 6. The highest BCUT2D eigenvalue weighted by molar-refractivity contribution is 6.07. The summed E-state index contributed by atoms with van der Waals surface area (Å²) < 4.78 is 26.5. The van der Waals surface area contributed by atoms with Gasteiger partial charge >= 0.3 is 6.03 Å². The van der Waals surface area contributed by atoms with Crippen LogP contribution in [0.1, 0.15) is 38.7 Å². The Morgan fingerprint density at radius 1 is 1.25 bits per heavy atom. The molecule has 1 N–H and O–H groups in total. The zero-order chi connectivity index (χ0) is 20.5. The number of imide groups is 1. The molecule has 2 aliphatic heterocycles. The largest absolute Gasteiger partial charge is 0.325 e. The molecule has 2 aliphatic rings. The number of hydrogen-bond donors (Lipinski definition) is 1. The molecule has 2 saturated heterocycles. The molecule has 0 aromatic heterocycles. The van der Waals surface area contributed by atoms with Crippen LogP contribution in [0.4, 0.5) is 13.6 Å². The lowest BCUT2D eigenvalue weighted by Crippen LogP contribution is -2.55. The number of hydrogen-bond acceptors (Lipinski definition) is 3. The predicted octanol–water partition coefficient (Wildman–Crippen LogP) is 3.45. The first-order valence-corrected chi connectivity index (χ1v) is 9.71. The topological polar surface area (TPSA) is 52.7 Å². The Morgan fingerprint density at radius 2 is 1.93 bits per heavy atom. The molecule has 2 fully saturated rings. The quantitative estimate of drug-likeness (QED) is 0.597. The molecule has 0 saturated carbocycles. The molecule has 0 bridgehead atoms. The van der Waals surface area contributed by atoms with Crippen LogP contribution in [-0.4, -0.2) is 46.9 Å². The summed E-state index contributed by atoms with van der Waals surface area (Å²) >= 11 is 0. The minimum absolute atomic E-state index is 0.0466. The van der Waals surface area contributed by atoms with Gasteiger partial charge in [0.05, 0.1) is 6.54 Å². The van der Waals surface area contributed by atoms with Gasteiger partial charge in [-0.05, 0) is 62.9 Å². The van der Waals surface area contributed by atoms with Crippen LogP contribution in [0.3, 0.4) is 0 Å². The van der Waals surface area contributed by atoms with Crippen LogP contribution in [0.15, 0.2) is 30.4 Å². The summed E-state index contributed by atoms with van der Waals surface area (Å²) in [7, 11) is 0. The van der Waals surface area contributed by atoms with Crippen molar-refractivity contribution in [3.8, 4) is 0 Å². The van der Waals surface area contributed by atoms with E-state index in [1.54, 1.807) is 13.0 Å². The van der Waals surface area contributed by atoms with E-state index in [9.17, 15) is 18.4 Å². The average molecular weight is 391 g/mol. The third kappa shape index (κ3) is 3.81. The Morgan fingerprint density at radius 3 is 2.50 bits per heavy atom. The van der Waals surface area contributed by atoms with Crippen LogP contribution in [-0.2, 0) is 11.3 Å². The monoisotopic (exact) mass is 391 g/mol. The van der Waals surface area contributed by atoms with Crippen LogP contribution < -0.4 is 5.32 Å². The summed E-state index contributed by atoms with van der Waals surface area (Å²) in [6, 6.07) is 3.62. The second kappa shape index (κ2) is 7.99. The fourth-order valence-corrected chi connectivity index (χ4v) is 4.34. The molecule has 0 spiro atoms. The van der Waals surface area contributed by atoms with Gasteiger partial charge in [0.2, 0.25) is 0 Å². The number of amides is 3. The Kier molecular flexibility index (Phi) is 5.84. The molecule has 0 radical (unpaired) electrons. The van der Waals surface area contributed by atoms with Crippen LogP contribution >= 0.6 is 0 Å². The van der Waals surface area contributed by atoms with E-state index in [1.807, 2.05) is 6.92 Å². The summed E-state index contributed by atoms with van der Waals surface area (Å²) in [6.07, 6.45) is 2.05. The minimum atomic E-state index is -0.861. The first-order chi connectivity index (χ1) is 13.3. The van der Waals surface area contributed by atoms with Crippen molar-refractivity contribution in [2.75, 3.05) is 19.6 Å². The van der Waals surface area contributed by atoms with Gasteiger partial charge in [0.1, 0.15) is 5.54 Å². The fraction of sp³-hybridized carbons (Fsp3) is 0.524. The smallest absolute Gasteiger partial charge is 0.323 e. The number of carbonyl (C=O) groups excluding carboxylic acids is 2. The molecule has 7 heteroatoms. The number of nitrogens with one attached hydrogen (secondary N) is 1. The molecular formula is C21H27F2N3O2. The van der Waals surface area contributed by atoms with Crippen molar-refractivity contribution in [2.24, 2.45) is 5.92 Å². The first kappa shape index (κ1) is 20.5. The van der Waals surface area contributed by atoms with E-state index in [1.165, 1.54) is 11.0 Å². The van der Waals surface area contributed by atoms with Gasteiger partial charge in [0, 0.05) is 6.54 Å². The number of piperidine rings is 1. The van der Waals surface area contributed by atoms with Crippen molar-refractivity contribution < 1.29 is 18.4 Å². The van der Waals surface area contributed by atoms with Gasteiger partial charge in [-0.15, -0.1) is 0 Å². The number of halogens is 2. The molecule has 1 aromatic rings. The summed E-state index contributed by atoms with van der Waals surface area (Å²) in [6.45, 7) is 9.76. The highest BCUT2D eigenvalue weighted by atomic mass is 19.2. The Labute approximate surface area is 164 Å². The fourth-order valence-electron chi connectivity index (χ4n) is 4.34. The van der Waals surface area contributed by atoms with Crippen LogP contribution in [0.2, 0.25) is 0 Å². The molecule has 1 atom stereocenters. The van der Waals surface area contributed by atoms with Crippen molar-refractivity contribution in [3.05, 3.63) is 47.5 Å². The first-order valence-electron chi connectivity index (χ1n) is 9.71. The summed E-state index contributed by atoms with van der Waals surface area (Å²) in [5.41, 5.74) is 0.623. The second-order valence-corrected chi connectivity index (χ2v) is 7.90. The second-order valence-electron chi connectivity index (χ2n) is 7.90. The number of urea groups is 1. The predicted molar refractivity (Wildman–Crippen MR) is 102 cm³/mol. The summed E-state index contributed by atoms with van der Waals surface area (Å²) in [5, 5.41) is 2.96. The van der Waals surface area contributed by atoms with Crippen LogP contribution in [0, 0.1) is 17.6 Å².